The first kappa shape index (κ1) is 32.3. The number of imidazole rings is 1. The lowest BCUT2D eigenvalue weighted by molar-refractivity contribution is 0.669. The first-order valence-corrected chi connectivity index (χ1v) is 19.4. The van der Waals surface area contributed by atoms with Crippen LogP contribution in [-0.2, 0) is 0 Å². The Morgan fingerprint density at radius 2 is 0.914 bits per heavy atom. The van der Waals surface area contributed by atoms with Crippen molar-refractivity contribution in [3.05, 3.63) is 188 Å². The number of aromatic nitrogens is 5. The molecule has 0 unspecified atom stereocenters. The van der Waals surface area contributed by atoms with E-state index < -0.39 is 0 Å². The lowest BCUT2D eigenvalue weighted by atomic mass is 9.93. The molecule has 12 aromatic rings. The molecule has 3 heterocycles. The molecule has 0 aliphatic carbocycles. The fourth-order valence-corrected chi connectivity index (χ4v) is 8.67. The molecule has 0 fully saturated rings. The summed E-state index contributed by atoms with van der Waals surface area (Å²) >= 11 is 0. The molecule has 0 bridgehead atoms. The zero-order chi connectivity index (χ0) is 38.2. The van der Waals surface area contributed by atoms with Crippen LogP contribution in [0.3, 0.4) is 0 Å². The van der Waals surface area contributed by atoms with Crippen molar-refractivity contribution in [3.63, 3.8) is 0 Å². The van der Waals surface area contributed by atoms with E-state index >= 15 is 0 Å². The van der Waals surface area contributed by atoms with Gasteiger partial charge in [0.1, 0.15) is 17.0 Å². The summed E-state index contributed by atoms with van der Waals surface area (Å²) in [5.41, 5.74) is 8.08. The second-order valence-corrected chi connectivity index (χ2v) is 14.6. The van der Waals surface area contributed by atoms with Crippen molar-refractivity contribution in [3.8, 4) is 51.2 Å². The first-order valence-electron chi connectivity index (χ1n) is 19.4. The number of hydrogen-bond acceptors (Lipinski definition) is 5. The average molecular weight is 742 g/mol. The molecule has 0 atom stereocenters. The van der Waals surface area contributed by atoms with Crippen LogP contribution in [0, 0.1) is 0 Å². The first-order chi connectivity index (χ1) is 28.8. The summed E-state index contributed by atoms with van der Waals surface area (Å²) in [6.45, 7) is 0. The Morgan fingerprint density at radius 1 is 0.362 bits per heavy atom. The predicted molar refractivity (Wildman–Crippen MR) is 236 cm³/mol. The predicted octanol–water partition coefficient (Wildman–Crippen LogP) is 13.2. The molecule has 270 valence electrons. The fourth-order valence-electron chi connectivity index (χ4n) is 8.67. The number of furan rings is 1. The van der Waals surface area contributed by atoms with Gasteiger partial charge in [-0.05, 0) is 74.8 Å². The summed E-state index contributed by atoms with van der Waals surface area (Å²) in [7, 11) is 0. The van der Waals surface area contributed by atoms with Gasteiger partial charge in [-0.15, -0.1) is 0 Å². The summed E-state index contributed by atoms with van der Waals surface area (Å²) in [4.78, 5) is 21.2. The molecular formula is C52H31N5O. The van der Waals surface area contributed by atoms with E-state index in [1.807, 2.05) is 54.6 Å². The van der Waals surface area contributed by atoms with Crippen LogP contribution in [0.4, 0.5) is 0 Å². The van der Waals surface area contributed by atoms with Gasteiger partial charge >= 0.3 is 0 Å². The minimum absolute atomic E-state index is 0.551. The summed E-state index contributed by atoms with van der Waals surface area (Å²) in [5, 5.41) is 9.17. The molecule has 0 radical (unpaired) electrons. The molecule has 0 aliphatic rings. The smallest absolute Gasteiger partial charge is 0.164 e. The SMILES string of the molecule is c1ccc(-n2c(-c3ccccc3-c3nc(-c4ccc5c6ccccc6c6ccccc6c5c4)nc(-c4cccc5oc6ccccc6c45)n3)nc3ccccc32)cc1. The van der Waals surface area contributed by atoms with Gasteiger partial charge in [0.15, 0.2) is 17.5 Å². The topological polar surface area (TPSA) is 69.6 Å². The maximum atomic E-state index is 6.35. The summed E-state index contributed by atoms with van der Waals surface area (Å²) in [5.74, 6) is 2.50. The highest BCUT2D eigenvalue weighted by Crippen LogP contribution is 2.40. The van der Waals surface area contributed by atoms with E-state index in [1.54, 1.807) is 0 Å². The molecule has 9 aromatic carbocycles. The highest BCUT2D eigenvalue weighted by atomic mass is 16.3. The van der Waals surface area contributed by atoms with E-state index in [4.69, 9.17) is 24.4 Å². The normalized spacial score (nSPS) is 11.8. The van der Waals surface area contributed by atoms with Crippen molar-refractivity contribution in [2.75, 3.05) is 0 Å². The van der Waals surface area contributed by atoms with Gasteiger partial charge in [-0.25, -0.2) is 19.9 Å². The van der Waals surface area contributed by atoms with Crippen molar-refractivity contribution in [1.82, 2.24) is 24.5 Å². The third kappa shape index (κ3) is 4.98. The molecule has 0 aliphatic heterocycles. The van der Waals surface area contributed by atoms with Crippen LogP contribution in [0.15, 0.2) is 192 Å². The molecule has 0 saturated carbocycles. The minimum Gasteiger partial charge on any atom is -0.456 e. The average Bonchev–Trinajstić information content (AvgIpc) is 3.88. The Balaban J connectivity index is 1.14. The fraction of sp³-hybridized carbons (Fsp3) is 0. The lowest BCUT2D eigenvalue weighted by Crippen LogP contribution is -2.03. The van der Waals surface area contributed by atoms with Gasteiger partial charge in [0.05, 0.1) is 11.0 Å². The monoisotopic (exact) mass is 741 g/mol. The van der Waals surface area contributed by atoms with Gasteiger partial charge < -0.3 is 4.42 Å². The van der Waals surface area contributed by atoms with E-state index in [0.29, 0.717) is 17.5 Å². The van der Waals surface area contributed by atoms with Crippen LogP contribution in [0.2, 0.25) is 0 Å². The van der Waals surface area contributed by atoms with E-state index in [-0.39, 0.29) is 0 Å². The highest BCUT2D eigenvalue weighted by molar-refractivity contribution is 6.25. The van der Waals surface area contributed by atoms with Crippen molar-refractivity contribution < 1.29 is 4.42 Å². The number of benzene rings is 9. The quantitative estimate of drug-likeness (QED) is 0.164. The summed E-state index contributed by atoms with van der Waals surface area (Å²) in [6, 6.07) is 65.0. The molecule has 0 amide bonds. The molecule has 58 heavy (non-hydrogen) atoms. The van der Waals surface area contributed by atoms with E-state index in [0.717, 1.165) is 72.1 Å². The van der Waals surface area contributed by atoms with E-state index in [2.05, 4.69) is 138 Å². The minimum atomic E-state index is 0.551. The Bertz CT molecular complexity index is 3550. The number of rotatable bonds is 5. The highest BCUT2D eigenvalue weighted by Gasteiger charge is 2.22. The molecule has 0 N–H and O–H groups in total. The van der Waals surface area contributed by atoms with Crippen molar-refractivity contribution in [2.45, 2.75) is 0 Å². The third-order valence-electron chi connectivity index (χ3n) is 11.3. The maximum absolute atomic E-state index is 6.35. The van der Waals surface area contributed by atoms with Crippen molar-refractivity contribution in [1.29, 1.82) is 0 Å². The molecule has 6 nitrogen and oxygen atoms in total. The van der Waals surface area contributed by atoms with Crippen LogP contribution in [0.25, 0.3) is 117 Å². The van der Waals surface area contributed by atoms with Crippen LogP contribution in [0.1, 0.15) is 0 Å². The third-order valence-corrected chi connectivity index (χ3v) is 11.3. The molecule has 3 aromatic heterocycles. The van der Waals surface area contributed by atoms with E-state index in [1.165, 1.54) is 26.9 Å². The number of para-hydroxylation sites is 4. The Hall–Kier alpha value is -7.96. The second-order valence-electron chi connectivity index (χ2n) is 14.6. The van der Waals surface area contributed by atoms with Gasteiger partial charge in [-0.2, -0.15) is 0 Å². The maximum Gasteiger partial charge on any atom is 0.164 e. The summed E-state index contributed by atoms with van der Waals surface area (Å²) in [6.07, 6.45) is 0. The Morgan fingerprint density at radius 3 is 1.69 bits per heavy atom. The van der Waals surface area contributed by atoms with Crippen LogP contribution in [0.5, 0.6) is 0 Å². The van der Waals surface area contributed by atoms with Crippen molar-refractivity contribution in [2.24, 2.45) is 0 Å². The van der Waals surface area contributed by atoms with Gasteiger partial charge in [0.2, 0.25) is 0 Å². The number of hydrogen-bond donors (Lipinski definition) is 0. The van der Waals surface area contributed by atoms with Crippen molar-refractivity contribution >= 4 is 65.3 Å². The Labute approximate surface area is 332 Å². The van der Waals surface area contributed by atoms with E-state index in [9.17, 15) is 0 Å². The Kier molecular flexibility index (Phi) is 7.13. The zero-order valence-corrected chi connectivity index (χ0v) is 31.0. The molecular weight excluding hydrogens is 711 g/mol. The molecule has 0 spiro atoms. The largest absolute Gasteiger partial charge is 0.456 e. The molecule has 6 heteroatoms. The molecule has 12 rings (SSSR count). The second kappa shape index (κ2) is 12.8. The standard InChI is InChI=1S/C52H31N5O/c1-2-15-33(16-3-1)57-45-26-12-11-25-44(45)53-52(57)40-22-9-8-21-39(40)50-54-49(55-51(56-50)42-24-14-28-47-48(42)41-23-10-13-27-46(41)58-47)32-29-30-38-36-19-5-4-17-34(36)35-18-6-7-20-37(35)43(38)31-32/h1-31H. The van der Waals surface area contributed by atoms with Gasteiger partial charge in [-0.3, -0.25) is 4.57 Å². The van der Waals surface area contributed by atoms with Crippen LogP contribution < -0.4 is 0 Å². The van der Waals surface area contributed by atoms with Gasteiger partial charge in [-0.1, -0.05) is 146 Å². The zero-order valence-electron chi connectivity index (χ0n) is 31.0. The number of nitrogens with zero attached hydrogens (tertiary/aromatic N) is 5. The van der Waals surface area contributed by atoms with Gasteiger partial charge in [0, 0.05) is 38.7 Å². The van der Waals surface area contributed by atoms with Crippen LogP contribution >= 0.6 is 0 Å². The summed E-state index contributed by atoms with van der Waals surface area (Å²) < 4.78 is 8.56. The van der Waals surface area contributed by atoms with Crippen LogP contribution in [-0.4, -0.2) is 24.5 Å². The molecule has 0 saturated heterocycles. The lowest BCUT2D eigenvalue weighted by Gasteiger charge is -2.15. The van der Waals surface area contributed by atoms with Gasteiger partial charge in [0.25, 0.3) is 0 Å². The number of fused-ring (bicyclic) bond motifs is 10.